The molecule has 30 heavy (non-hydrogen) atoms. The molecule has 2 bridgehead atoms. The maximum Gasteiger partial charge on any atom is 0.271 e. The van der Waals surface area contributed by atoms with E-state index < -0.39 is 0 Å². The molecule has 0 aliphatic carbocycles. The third kappa shape index (κ3) is 3.84. The fraction of sp³-hybridized carbons (Fsp3) is 0.667. The van der Waals surface area contributed by atoms with Crippen LogP contribution in [0.25, 0.3) is 11.3 Å². The maximum absolute atomic E-state index is 13.4. The Morgan fingerprint density at radius 2 is 2.17 bits per heavy atom. The predicted octanol–water partition coefficient (Wildman–Crippen LogP) is 4.89. The standard InChI is InChI=1S/C24H34N4OS/c1-16(2)6-7-23-19-11-18(22-5-3-4-9-28(22)23)13-27(14-19)24(29)21-12-20(25-26-21)17-8-10-30-15-17/h8,10,12,15-16,18-19,22-23H,3-7,9,11,13-14H2,1-2H3,(H,25,26)/t18-,19+,22+,23+/m1/s1. The second kappa shape index (κ2) is 8.46. The Kier molecular flexibility index (Phi) is 5.71. The van der Waals surface area contributed by atoms with Gasteiger partial charge in [0.1, 0.15) is 5.69 Å². The highest BCUT2D eigenvalue weighted by molar-refractivity contribution is 7.08. The number of likely N-dealkylation sites (tertiary alicyclic amines) is 1. The first kappa shape index (κ1) is 20.3. The second-order valence-electron chi connectivity index (χ2n) is 9.98. The number of aromatic amines is 1. The van der Waals surface area contributed by atoms with Crippen LogP contribution in [0.5, 0.6) is 0 Å². The number of hydrogen-bond donors (Lipinski definition) is 1. The van der Waals surface area contributed by atoms with Crippen LogP contribution >= 0.6 is 11.3 Å². The number of nitrogens with zero attached hydrogens (tertiary/aromatic N) is 3. The summed E-state index contributed by atoms with van der Waals surface area (Å²) in [5, 5.41) is 11.5. The summed E-state index contributed by atoms with van der Waals surface area (Å²) in [7, 11) is 0. The number of carbonyl (C=O) groups excluding carboxylic acids is 1. The zero-order valence-corrected chi connectivity index (χ0v) is 19.0. The van der Waals surface area contributed by atoms with Crippen LogP contribution in [0.15, 0.2) is 22.9 Å². The van der Waals surface area contributed by atoms with Crippen LogP contribution in [-0.4, -0.2) is 57.6 Å². The van der Waals surface area contributed by atoms with Gasteiger partial charge in [0.25, 0.3) is 5.91 Å². The second-order valence-corrected chi connectivity index (χ2v) is 10.8. The van der Waals surface area contributed by atoms with Crippen molar-refractivity contribution in [2.24, 2.45) is 17.8 Å². The summed E-state index contributed by atoms with van der Waals surface area (Å²) in [4.78, 5) is 18.4. The van der Waals surface area contributed by atoms with Crippen molar-refractivity contribution in [2.45, 2.75) is 64.5 Å². The van der Waals surface area contributed by atoms with E-state index in [9.17, 15) is 4.79 Å². The highest BCUT2D eigenvalue weighted by atomic mass is 32.1. The Bertz CT molecular complexity index is 860. The molecule has 3 aliphatic rings. The Morgan fingerprint density at radius 1 is 1.30 bits per heavy atom. The molecule has 0 aromatic carbocycles. The van der Waals surface area contributed by atoms with Gasteiger partial charge in [-0.1, -0.05) is 20.3 Å². The first-order valence-corrected chi connectivity index (χ1v) is 12.7. The molecule has 2 aromatic heterocycles. The van der Waals surface area contributed by atoms with Crippen molar-refractivity contribution in [1.82, 2.24) is 20.0 Å². The fourth-order valence-electron chi connectivity index (χ4n) is 6.14. The molecule has 0 spiro atoms. The number of piperidine rings is 3. The minimum atomic E-state index is 0.130. The fourth-order valence-corrected chi connectivity index (χ4v) is 6.79. The minimum Gasteiger partial charge on any atom is -0.337 e. The van der Waals surface area contributed by atoms with Gasteiger partial charge in [0.15, 0.2) is 0 Å². The molecular weight excluding hydrogens is 392 g/mol. The maximum atomic E-state index is 13.4. The van der Waals surface area contributed by atoms with Gasteiger partial charge in [-0.25, -0.2) is 0 Å². The molecule has 162 valence electrons. The van der Waals surface area contributed by atoms with Gasteiger partial charge in [0.05, 0.1) is 5.69 Å². The average Bonchev–Trinajstić information content (AvgIpc) is 3.45. The van der Waals surface area contributed by atoms with Crippen LogP contribution in [-0.2, 0) is 0 Å². The van der Waals surface area contributed by atoms with Gasteiger partial charge in [-0.2, -0.15) is 16.4 Å². The number of thiophene rings is 1. The monoisotopic (exact) mass is 426 g/mol. The molecule has 1 amide bonds. The lowest BCUT2D eigenvalue weighted by atomic mass is 9.71. The van der Waals surface area contributed by atoms with E-state index >= 15 is 0 Å². The van der Waals surface area contributed by atoms with Crippen molar-refractivity contribution in [1.29, 1.82) is 0 Å². The molecule has 0 unspecified atom stereocenters. The van der Waals surface area contributed by atoms with Crippen molar-refractivity contribution in [3.63, 3.8) is 0 Å². The van der Waals surface area contributed by atoms with Crippen LogP contribution in [0, 0.1) is 17.8 Å². The number of aromatic nitrogens is 2. The van der Waals surface area contributed by atoms with Crippen molar-refractivity contribution in [3.8, 4) is 11.3 Å². The van der Waals surface area contributed by atoms with Gasteiger partial charge in [0, 0.05) is 36.1 Å². The lowest BCUT2D eigenvalue weighted by Crippen LogP contribution is -2.64. The van der Waals surface area contributed by atoms with Gasteiger partial charge in [-0.3, -0.25) is 14.8 Å². The number of rotatable bonds is 5. The number of carbonyl (C=O) groups is 1. The van der Waals surface area contributed by atoms with E-state index in [-0.39, 0.29) is 5.91 Å². The topological polar surface area (TPSA) is 52.2 Å². The van der Waals surface area contributed by atoms with Crippen molar-refractivity contribution in [2.75, 3.05) is 19.6 Å². The van der Waals surface area contributed by atoms with Crippen LogP contribution in [0.3, 0.4) is 0 Å². The van der Waals surface area contributed by atoms with Gasteiger partial charge >= 0.3 is 0 Å². The highest BCUT2D eigenvalue weighted by Crippen LogP contribution is 2.43. The van der Waals surface area contributed by atoms with Crippen LogP contribution in [0.4, 0.5) is 0 Å². The molecular formula is C24H34N4OS. The van der Waals surface area contributed by atoms with E-state index in [2.05, 4.69) is 45.3 Å². The Morgan fingerprint density at radius 3 is 2.97 bits per heavy atom. The quantitative estimate of drug-likeness (QED) is 0.741. The van der Waals surface area contributed by atoms with Crippen molar-refractivity contribution in [3.05, 3.63) is 28.6 Å². The number of nitrogens with one attached hydrogen (secondary N) is 1. The predicted molar refractivity (Wildman–Crippen MR) is 122 cm³/mol. The van der Waals surface area contributed by atoms with Gasteiger partial charge in [-0.15, -0.1) is 0 Å². The normalized spacial score (nSPS) is 29.2. The first-order valence-electron chi connectivity index (χ1n) is 11.7. The molecule has 3 saturated heterocycles. The van der Waals surface area contributed by atoms with Gasteiger partial charge in [-0.05, 0) is 73.9 Å². The molecule has 1 N–H and O–H groups in total. The Balaban J connectivity index is 1.35. The van der Waals surface area contributed by atoms with Crippen molar-refractivity contribution >= 4 is 17.2 Å². The minimum absolute atomic E-state index is 0.130. The average molecular weight is 427 g/mol. The molecule has 0 saturated carbocycles. The summed E-state index contributed by atoms with van der Waals surface area (Å²) in [5.74, 6) is 2.11. The van der Waals surface area contributed by atoms with Crippen molar-refractivity contribution < 1.29 is 4.79 Å². The molecule has 6 heteroatoms. The zero-order chi connectivity index (χ0) is 20.7. The smallest absolute Gasteiger partial charge is 0.271 e. The summed E-state index contributed by atoms with van der Waals surface area (Å²) >= 11 is 1.65. The Hall–Kier alpha value is -1.66. The third-order valence-corrected chi connectivity index (χ3v) is 8.26. The summed E-state index contributed by atoms with van der Waals surface area (Å²) in [6, 6.07) is 5.30. The SMILES string of the molecule is CC(C)CC[C@H]1[C@H]2C[C@H](CN(C(=O)c3cc(-c4ccsc4)n[nH]3)C2)[C@@H]2CCCCN21. The lowest BCUT2D eigenvalue weighted by Gasteiger charge is -2.57. The molecule has 5 nitrogen and oxygen atoms in total. The lowest BCUT2D eigenvalue weighted by molar-refractivity contribution is -0.0682. The third-order valence-electron chi connectivity index (χ3n) is 7.57. The summed E-state index contributed by atoms with van der Waals surface area (Å²) in [5.41, 5.74) is 2.58. The van der Waals surface area contributed by atoms with Gasteiger partial charge < -0.3 is 4.90 Å². The molecule has 4 atom stereocenters. The molecule has 2 aromatic rings. The number of amides is 1. The molecule has 5 rings (SSSR count). The van der Waals surface area contributed by atoms with E-state index in [4.69, 9.17) is 0 Å². The van der Waals surface area contributed by atoms with Crippen LogP contribution in [0.1, 0.15) is 62.9 Å². The first-order chi connectivity index (χ1) is 14.6. The van der Waals surface area contributed by atoms with Gasteiger partial charge in [0.2, 0.25) is 0 Å². The molecule has 3 aliphatic heterocycles. The molecule has 0 radical (unpaired) electrons. The summed E-state index contributed by atoms with van der Waals surface area (Å²) in [6.45, 7) is 7.73. The van der Waals surface area contributed by atoms with Crippen LogP contribution < -0.4 is 0 Å². The largest absolute Gasteiger partial charge is 0.337 e. The number of hydrogen-bond acceptors (Lipinski definition) is 4. The van der Waals surface area contributed by atoms with Crippen LogP contribution in [0.2, 0.25) is 0 Å². The van der Waals surface area contributed by atoms with E-state index in [0.29, 0.717) is 29.6 Å². The van der Waals surface area contributed by atoms with E-state index in [1.54, 1.807) is 11.3 Å². The highest BCUT2D eigenvalue weighted by Gasteiger charge is 2.47. The Labute approximate surface area is 183 Å². The summed E-state index contributed by atoms with van der Waals surface area (Å²) < 4.78 is 0. The van der Waals surface area contributed by atoms with E-state index in [1.807, 2.05) is 11.4 Å². The number of fused-ring (bicyclic) bond motifs is 4. The number of H-pyrrole nitrogens is 1. The zero-order valence-electron chi connectivity index (χ0n) is 18.2. The van der Waals surface area contributed by atoms with E-state index in [1.165, 1.54) is 45.1 Å². The van der Waals surface area contributed by atoms with E-state index in [0.717, 1.165) is 30.3 Å². The summed E-state index contributed by atoms with van der Waals surface area (Å²) in [6.07, 6.45) is 7.86. The molecule has 3 fully saturated rings. The molecule has 5 heterocycles.